The molecular weight excluding hydrogens is 216 g/mol. The largest absolute Gasteiger partial charge is 0.497 e. The van der Waals surface area contributed by atoms with Gasteiger partial charge in [0.25, 0.3) is 0 Å². The van der Waals surface area contributed by atoms with Gasteiger partial charge >= 0.3 is 5.97 Å². The maximum atomic E-state index is 11.6. The third kappa shape index (κ3) is 3.71. The molecule has 0 aromatic heterocycles. The average Bonchev–Trinajstić information content (AvgIpc) is 2.26. The molecule has 0 bridgehead atoms. The smallest absolute Gasteiger partial charge is 0.304 e. The molecule has 1 unspecified atom stereocenters. The van der Waals surface area contributed by atoms with Gasteiger partial charge in [0.05, 0.1) is 24.3 Å². The molecule has 1 atom stereocenters. The van der Waals surface area contributed by atoms with E-state index in [1.807, 2.05) is 0 Å². The molecule has 0 saturated heterocycles. The Bertz CT molecular complexity index is 375. The summed E-state index contributed by atoms with van der Waals surface area (Å²) in [5.74, 6) is -0.190. The molecule has 1 aromatic rings. The number of carboxylic acids is 1. The van der Waals surface area contributed by atoms with E-state index >= 15 is 0 Å². The van der Waals surface area contributed by atoms with Gasteiger partial charge in [0.15, 0.2) is 0 Å². The fourth-order valence-corrected chi connectivity index (χ4v) is 2.11. The molecule has 0 heterocycles. The van der Waals surface area contributed by atoms with Crippen molar-refractivity contribution in [1.82, 2.24) is 0 Å². The first-order chi connectivity index (χ1) is 7.13. The van der Waals surface area contributed by atoms with E-state index in [1.165, 1.54) is 7.11 Å². The van der Waals surface area contributed by atoms with Crippen molar-refractivity contribution in [3.05, 3.63) is 24.3 Å². The van der Waals surface area contributed by atoms with Crippen LogP contribution in [0.3, 0.4) is 0 Å². The van der Waals surface area contributed by atoms with Crippen LogP contribution in [0.4, 0.5) is 0 Å². The third-order valence-corrected chi connectivity index (χ3v) is 3.16. The quantitative estimate of drug-likeness (QED) is 0.824. The summed E-state index contributed by atoms with van der Waals surface area (Å²) in [6.07, 6.45) is -0.0934. The highest BCUT2D eigenvalue weighted by Gasteiger charge is 2.07. The summed E-state index contributed by atoms with van der Waals surface area (Å²) in [5, 5.41) is 8.45. The maximum absolute atomic E-state index is 11.6. The maximum Gasteiger partial charge on any atom is 0.304 e. The standard InChI is InChI=1S/C10H12O4S/c1-14-8-3-2-4-9(7-8)15(13)6-5-10(11)12/h2-4,7H,5-6H2,1H3,(H,11,12). The highest BCUT2D eigenvalue weighted by Crippen LogP contribution is 2.16. The molecule has 0 fully saturated rings. The molecule has 0 amide bonds. The molecule has 0 aliphatic carbocycles. The second-order valence-corrected chi connectivity index (χ2v) is 4.44. The fraction of sp³-hybridized carbons (Fsp3) is 0.300. The summed E-state index contributed by atoms with van der Waals surface area (Å²) in [7, 11) is 0.250. The predicted octanol–water partition coefficient (Wildman–Crippen LogP) is 1.28. The van der Waals surface area contributed by atoms with Gasteiger partial charge in [-0.1, -0.05) is 6.07 Å². The van der Waals surface area contributed by atoms with Gasteiger partial charge < -0.3 is 9.84 Å². The second kappa shape index (κ2) is 5.50. The molecule has 1 rings (SSSR count). The first-order valence-electron chi connectivity index (χ1n) is 4.37. The van der Waals surface area contributed by atoms with Crippen molar-refractivity contribution in [2.75, 3.05) is 12.9 Å². The number of methoxy groups -OCH3 is 1. The minimum atomic E-state index is -1.28. The summed E-state index contributed by atoms with van der Waals surface area (Å²) < 4.78 is 16.6. The zero-order valence-corrected chi connectivity index (χ0v) is 9.12. The minimum Gasteiger partial charge on any atom is -0.497 e. The van der Waals surface area contributed by atoms with Crippen LogP contribution >= 0.6 is 0 Å². The van der Waals surface area contributed by atoms with Crippen molar-refractivity contribution in [1.29, 1.82) is 0 Å². The Kier molecular flexibility index (Phi) is 4.30. The molecule has 0 aliphatic rings. The molecular formula is C10H12O4S. The van der Waals surface area contributed by atoms with Crippen molar-refractivity contribution in [3.63, 3.8) is 0 Å². The Hall–Kier alpha value is -1.36. The summed E-state index contributed by atoms with van der Waals surface area (Å²) in [5.41, 5.74) is 0. The van der Waals surface area contributed by atoms with Gasteiger partial charge in [0.2, 0.25) is 0 Å². The van der Waals surface area contributed by atoms with Crippen LogP contribution in [0.1, 0.15) is 6.42 Å². The SMILES string of the molecule is COc1cccc(S(=O)CCC(=O)O)c1. The van der Waals surface area contributed by atoms with Gasteiger partial charge in [-0.05, 0) is 18.2 Å². The normalized spacial score (nSPS) is 12.1. The molecule has 15 heavy (non-hydrogen) atoms. The summed E-state index contributed by atoms with van der Waals surface area (Å²) in [6.45, 7) is 0. The first-order valence-corrected chi connectivity index (χ1v) is 5.69. The summed E-state index contributed by atoms with van der Waals surface area (Å²) in [4.78, 5) is 10.9. The van der Waals surface area contributed by atoms with E-state index < -0.39 is 16.8 Å². The molecule has 4 nitrogen and oxygen atoms in total. The van der Waals surface area contributed by atoms with Crippen LogP contribution in [-0.4, -0.2) is 28.1 Å². The van der Waals surface area contributed by atoms with Crippen LogP contribution in [0, 0.1) is 0 Å². The third-order valence-electron chi connectivity index (χ3n) is 1.81. The van der Waals surface area contributed by atoms with E-state index in [-0.39, 0.29) is 12.2 Å². The van der Waals surface area contributed by atoms with E-state index in [9.17, 15) is 9.00 Å². The van der Waals surface area contributed by atoms with Gasteiger partial charge in [0, 0.05) is 10.6 Å². The Morgan fingerprint density at radius 1 is 1.53 bits per heavy atom. The average molecular weight is 228 g/mol. The van der Waals surface area contributed by atoms with Gasteiger partial charge in [-0.2, -0.15) is 0 Å². The first kappa shape index (κ1) is 11.7. The molecule has 0 spiro atoms. The van der Waals surface area contributed by atoms with Crippen molar-refractivity contribution in [3.8, 4) is 5.75 Å². The lowest BCUT2D eigenvalue weighted by molar-refractivity contribution is -0.136. The van der Waals surface area contributed by atoms with E-state index in [1.54, 1.807) is 24.3 Å². The molecule has 1 aromatic carbocycles. The van der Waals surface area contributed by atoms with E-state index in [2.05, 4.69) is 0 Å². The molecule has 1 N–H and O–H groups in total. The lowest BCUT2D eigenvalue weighted by atomic mass is 10.3. The predicted molar refractivity (Wildman–Crippen MR) is 56.5 cm³/mol. The number of benzene rings is 1. The number of rotatable bonds is 5. The van der Waals surface area contributed by atoms with Crippen LogP contribution in [-0.2, 0) is 15.6 Å². The zero-order valence-electron chi connectivity index (χ0n) is 8.30. The number of aliphatic carboxylic acids is 1. The van der Waals surface area contributed by atoms with Gasteiger partial charge in [-0.25, -0.2) is 0 Å². The van der Waals surface area contributed by atoms with Crippen molar-refractivity contribution >= 4 is 16.8 Å². The van der Waals surface area contributed by atoms with Crippen LogP contribution in [0.15, 0.2) is 29.2 Å². The van der Waals surface area contributed by atoms with E-state index in [4.69, 9.17) is 9.84 Å². The van der Waals surface area contributed by atoms with Crippen LogP contribution < -0.4 is 4.74 Å². The van der Waals surface area contributed by atoms with Crippen molar-refractivity contribution in [2.24, 2.45) is 0 Å². The minimum absolute atomic E-state index is 0.0934. The molecule has 0 aliphatic heterocycles. The lowest BCUT2D eigenvalue weighted by Gasteiger charge is -2.03. The van der Waals surface area contributed by atoms with Crippen molar-refractivity contribution < 1.29 is 18.8 Å². The van der Waals surface area contributed by atoms with Gasteiger partial charge in [0.1, 0.15) is 5.75 Å². The van der Waals surface area contributed by atoms with Gasteiger partial charge in [-0.3, -0.25) is 9.00 Å². The molecule has 82 valence electrons. The van der Waals surface area contributed by atoms with Crippen LogP contribution in [0.5, 0.6) is 5.75 Å². The van der Waals surface area contributed by atoms with Crippen LogP contribution in [0.2, 0.25) is 0 Å². The monoisotopic (exact) mass is 228 g/mol. The lowest BCUT2D eigenvalue weighted by Crippen LogP contribution is -2.04. The Morgan fingerprint density at radius 3 is 2.87 bits per heavy atom. The second-order valence-electron chi connectivity index (χ2n) is 2.87. The summed E-state index contributed by atoms with van der Waals surface area (Å²) >= 11 is 0. The summed E-state index contributed by atoms with van der Waals surface area (Å²) in [6, 6.07) is 6.82. The topological polar surface area (TPSA) is 63.6 Å². The molecule has 0 saturated carbocycles. The number of ether oxygens (including phenoxy) is 1. The van der Waals surface area contributed by atoms with Crippen molar-refractivity contribution in [2.45, 2.75) is 11.3 Å². The Labute approximate surface area is 90.3 Å². The highest BCUT2D eigenvalue weighted by atomic mass is 32.2. The van der Waals surface area contributed by atoms with E-state index in [0.29, 0.717) is 10.6 Å². The number of hydrogen-bond donors (Lipinski definition) is 1. The number of carbonyl (C=O) groups is 1. The highest BCUT2D eigenvalue weighted by molar-refractivity contribution is 7.85. The molecule has 5 heteroatoms. The van der Waals surface area contributed by atoms with E-state index in [0.717, 1.165) is 0 Å². The Morgan fingerprint density at radius 2 is 2.27 bits per heavy atom. The van der Waals surface area contributed by atoms with Crippen LogP contribution in [0.25, 0.3) is 0 Å². The fourth-order valence-electron chi connectivity index (χ4n) is 1.04. The Balaban J connectivity index is 2.69. The zero-order chi connectivity index (χ0) is 11.3. The number of hydrogen-bond acceptors (Lipinski definition) is 3. The molecule has 0 radical (unpaired) electrons. The van der Waals surface area contributed by atoms with Gasteiger partial charge in [-0.15, -0.1) is 0 Å². The number of carboxylic acid groups (broad SMARTS) is 1.